The third kappa shape index (κ3) is 4.18. The van der Waals surface area contributed by atoms with Gasteiger partial charge < -0.3 is 15.0 Å². The highest BCUT2D eigenvalue weighted by molar-refractivity contribution is 6.22. The number of morpholine rings is 1. The van der Waals surface area contributed by atoms with Gasteiger partial charge in [-0.1, -0.05) is 24.3 Å². The van der Waals surface area contributed by atoms with Crippen LogP contribution in [0.25, 0.3) is 11.3 Å². The van der Waals surface area contributed by atoms with Crippen molar-refractivity contribution in [1.29, 1.82) is 0 Å². The van der Waals surface area contributed by atoms with Crippen LogP contribution < -0.4 is 10.2 Å². The van der Waals surface area contributed by atoms with E-state index in [1.54, 1.807) is 42.5 Å². The predicted octanol–water partition coefficient (Wildman–Crippen LogP) is 2.21. The highest BCUT2D eigenvalue weighted by Crippen LogP contribution is 2.24. The summed E-state index contributed by atoms with van der Waals surface area (Å²) in [7, 11) is 0. The molecule has 0 aliphatic carbocycles. The molecule has 1 aromatic heterocycles. The predicted molar refractivity (Wildman–Crippen MR) is 121 cm³/mol. The lowest BCUT2D eigenvalue weighted by Crippen LogP contribution is -2.37. The van der Waals surface area contributed by atoms with Crippen LogP contribution in [0.2, 0.25) is 0 Å². The Morgan fingerprint density at radius 2 is 1.64 bits per heavy atom. The molecule has 0 radical (unpaired) electrons. The zero-order chi connectivity index (χ0) is 22.8. The number of hydrogen-bond acceptors (Lipinski definition) is 7. The fourth-order valence-electron chi connectivity index (χ4n) is 3.92. The summed E-state index contributed by atoms with van der Waals surface area (Å²) in [6.07, 6.45) is 0. The molecule has 9 nitrogen and oxygen atoms in total. The molecule has 2 aromatic carbocycles. The van der Waals surface area contributed by atoms with Crippen molar-refractivity contribution in [1.82, 2.24) is 15.1 Å². The van der Waals surface area contributed by atoms with E-state index in [1.165, 1.54) is 0 Å². The topological polar surface area (TPSA) is 105 Å². The smallest absolute Gasteiger partial charge is 0.262 e. The van der Waals surface area contributed by atoms with Crippen LogP contribution in [0.5, 0.6) is 0 Å². The number of anilines is 2. The summed E-state index contributed by atoms with van der Waals surface area (Å²) in [6, 6.07) is 17.5. The van der Waals surface area contributed by atoms with E-state index in [9.17, 15) is 14.4 Å². The number of amides is 3. The molecule has 2 aliphatic rings. The third-order valence-corrected chi connectivity index (χ3v) is 5.61. The first-order valence-corrected chi connectivity index (χ1v) is 10.6. The fraction of sp³-hybridized carbons (Fsp3) is 0.208. The molecule has 0 saturated carbocycles. The van der Waals surface area contributed by atoms with Crippen LogP contribution in [0.4, 0.5) is 11.5 Å². The van der Waals surface area contributed by atoms with Crippen molar-refractivity contribution in [2.45, 2.75) is 0 Å². The van der Waals surface area contributed by atoms with E-state index in [2.05, 4.69) is 20.4 Å². The fourth-order valence-corrected chi connectivity index (χ4v) is 3.92. The van der Waals surface area contributed by atoms with Crippen LogP contribution in [-0.4, -0.2) is 65.7 Å². The number of nitrogens with zero attached hydrogens (tertiary/aromatic N) is 4. The molecule has 2 aliphatic heterocycles. The van der Waals surface area contributed by atoms with Crippen LogP contribution in [0.3, 0.4) is 0 Å². The minimum absolute atomic E-state index is 0.316. The summed E-state index contributed by atoms with van der Waals surface area (Å²) < 4.78 is 5.36. The standard InChI is InChI=1S/C24H21N5O4/c30-22(15-29-23(31)18-6-1-2-7-19(18)24(29)32)25-17-5-3-4-16(14-17)20-8-9-21(27-26-20)28-10-12-33-13-11-28/h1-9,14H,10-13,15H2,(H,25,30). The first kappa shape index (κ1) is 20.8. The first-order valence-electron chi connectivity index (χ1n) is 10.6. The zero-order valence-corrected chi connectivity index (χ0v) is 17.7. The van der Waals surface area contributed by atoms with Crippen molar-refractivity contribution >= 4 is 29.2 Å². The summed E-state index contributed by atoms with van der Waals surface area (Å²) >= 11 is 0. The Bertz CT molecular complexity index is 1190. The number of imide groups is 1. The van der Waals surface area contributed by atoms with Gasteiger partial charge >= 0.3 is 0 Å². The molecular formula is C24H21N5O4. The van der Waals surface area contributed by atoms with E-state index in [1.807, 2.05) is 18.2 Å². The number of aromatic nitrogens is 2. The maximum Gasteiger partial charge on any atom is 0.262 e. The quantitative estimate of drug-likeness (QED) is 0.603. The van der Waals surface area contributed by atoms with E-state index in [0.717, 1.165) is 29.4 Å². The minimum Gasteiger partial charge on any atom is -0.378 e. The van der Waals surface area contributed by atoms with Gasteiger partial charge in [0.15, 0.2) is 5.82 Å². The monoisotopic (exact) mass is 443 g/mol. The van der Waals surface area contributed by atoms with Gasteiger partial charge in [0.05, 0.1) is 30.0 Å². The summed E-state index contributed by atoms with van der Waals surface area (Å²) in [5.41, 5.74) is 2.62. The molecule has 166 valence electrons. The van der Waals surface area contributed by atoms with Crippen LogP contribution in [-0.2, 0) is 9.53 Å². The molecule has 0 unspecified atom stereocenters. The zero-order valence-electron chi connectivity index (χ0n) is 17.7. The van der Waals surface area contributed by atoms with E-state index in [4.69, 9.17) is 4.74 Å². The average molecular weight is 443 g/mol. The van der Waals surface area contributed by atoms with Crippen molar-refractivity contribution in [2.24, 2.45) is 0 Å². The number of nitrogens with one attached hydrogen (secondary N) is 1. The van der Waals surface area contributed by atoms with Gasteiger partial charge in [-0.15, -0.1) is 10.2 Å². The number of benzene rings is 2. The van der Waals surface area contributed by atoms with Crippen molar-refractivity contribution in [2.75, 3.05) is 43.1 Å². The Hall–Kier alpha value is -4.11. The van der Waals surface area contributed by atoms with Crippen LogP contribution >= 0.6 is 0 Å². The number of fused-ring (bicyclic) bond motifs is 1. The molecule has 3 aromatic rings. The second-order valence-corrected chi connectivity index (χ2v) is 7.75. The van der Waals surface area contributed by atoms with E-state index in [0.29, 0.717) is 35.7 Å². The summed E-state index contributed by atoms with van der Waals surface area (Å²) in [4.78, 5) is 40.6. The molecule has 0 spiro atoms. The maximum atomic E-state index is 12.6. The van der Waals surface area contributed by atoms with Gasteiger partial charge in [-0.3, -0.25) is 19.3 Å². The maximum absolute atomic E-state index is 12.6. The van der Waals surface area contributed by atoms with Gasteiger partial charge in [-0.25, -0.2) is 0 Å². The number of ether oxygens (including phenoxy) is 1. The Balaban J connectivity index is 1.26. The molecule has 0 bridgehead atoms. The van der Waals surface area contributed by atoms with Crippen LogP contribution in [0.15, 0.2) is 60.7 Å². The van der Waals surface area contributed by atoms with Gasteiger partial charge in [0.25, 0.3) is 11.8 Å². The lowest BCUT2D eigenvalue weighted by molar-refractivity contribution is -0.116. The Labute approximate surface area is 190 Å². The Morgan fingerprint density at radius 3 is 2.30 bits per heavy atom. The van der Waals surface area contributed by atoms with Gasteiger partial charge in [-0.2, -0.15) is 0 Å². The number of carbonyl (C=O) groups excluding carboxylic acids is 3. The minimum atomic E-state index is -0.463. The SMILES string of the molecule is O=C(CN1C(=O)c2ccccc2C1=O)Nc1cccc(-c2ccc(N3CCOCC3)nn2)c1. The average Bonchev–Trinajstić information content (AvgIpc) is 3.10. The number of rotatable bonds is 5. The van der Waals surface area contributed by atoms with Crippen LogP contribution in [0, 0.1) is 0 Å². The third-order valence-electron chi connectivity index (χ3n) is 5.61. The molecule has 0 atom stereocenters. The van der Waals surface area contributed by atoms with E-state index < -0.39 is 17.7 Å². The van der Waals surface area contributed by atoms with Crippen LogP contribution in [0.1, 0.15) is 20.7 Å². The van der Waals surface area contributed by atoms with Crippen molar-refractivity contribution < 1.29 is 19.1 Å². The Kier molecular flexibility index (Phi) is 5.54. The van der Waals surface area contributed by atoms with Gasteiger partial charge in [0, 0.05) is 24.3 Å². The highest BCUT2D eigenvalue weighted by atomic mass is 16.5. The first-order chi connectivity index (χ1) is 16.1. The molecular weight excluding hydrogens is 422 g/mol. The summed E-state index contributed by atoms with van der Waals surface area (Å²) in [5.74, 6) is -0.590. The second-order valence-electron chi connectivity index (χ2n) is 7.75. The lowest BCUT2D eigenvalue weighted by atomic mass is 10.1. The van der Waals surface area contributed by atoms with Gasteiger partial charge in [0.1, 0.15) is 6.54 Å². The van der Waals surface area contributed by atoms with Crippen molar-refractivity contribution in [3.05, 3.63) is 71.8 Å². The molecule has 33 heavy (non-hydrogen) atoms. The van der Waals surface area contributed by atoms with E-state index >= 15 is 0 Å². The number of carbonyl (C=O) groups is 3. The van der Waals surface area contributed by atoms with Gasteiger partial charge in [-0.05, 0) is 36.4 Å². The summed E-state index contributed by atoms with van der Waals surface area (Å²) in [6.45, 7) is 2.55. The lowest BCUT2D eigenvalue weighted by Gasteiger charge is -2.27. The molecule has 3 amide bonds. The van der Waals surface area contributed by atoms with Gasteiger partial charge in [0.2, 0.25) is 5.91 Å². The highest BCUT2D eigenvalue weighted by Gasteiger charge is 2.36. The number of hydrogen-bond donors (Lipinski definition) is 1. The van der Waals surface area contributed by atoms with Crippen molar-refractivity contribution in [3.8, 4) is 11.3 Å². The normalized spacial score (nSPS) is 15.5. The van der Waals surface area contributed by atoms with Crippen molar-refractivity contribution in [3.63, 3.8) is 0 Å². The van der Waals surface area contributed by atoms with E-state index in [-0.39, 0.29) is 6.54 Å². The molecule has 5 rings (SSSR count). The Morgan fingerprint density at radius 1 is 0.909 bits per heavy atom. The second kappa shape index (κ2) is 8.79. The molecule has 1 N–H and O–H groups in total. The molecule has 9 heteroatoms. The molecule has 1 fully saturated rings. The largest absolute Gasteiger partial charge is 0.378 e. The summed E-state index contributed by atoms with van der Waals surface area (Å²) in [5, 5.41) is 11.4. The molecule has 3 heterocycles. The molecule has 1 saturated heterocycles.